The summed E-state index contributed by atoms with van der Waals surface area (Å²) in [6.45, 7) is 5.63. The van der Waals surface area contributed by atoms with Crippen LogP contribution in [0.3, 0.4) is 0 Å². The van der Waals surface area contributed by atoms with Crippen molar-refractivity contribution >= 4 is 32.6 Å². The molecule has 4 nitrogen and oxygen atoms in total. The van der Waals surface area contributed by atoms with E-state index in [9.17, 15) is 8.42 Å². The number of nitrogens with one attached hydrogen (secondary N) is 1. The maximum atomic E-state index is 11.8. The molecular formula is C9H11IN2O2S. The van der Waals surface area contributed by atoms with Crippen molar-refractivity contribution in [3.8, 4) is 0 Å². The summed E-state index contributed by atoms with van der Waals surface area (Å²) in [6, 6.07) is 1.65. The zero-order valence-electron chi connectivity index (χ0n) is 8.20. The molecule has 1 rings (SSSR count). The van der Waals surface area contributed by atoms with Gasteiger partial charge in [-0.25, -0.2) is 13.1 Å². The fraction of sp³-hybridized carbons (Fsp3) is 0.222. The quantitative estimate of drug-likeness (QED) is 0.669. The normalized spacial score (nSPS) is 11.3. The Kier molecular flexibility index (Phi) is 4.23. The minimum atomic E-state index is -3.47. The van der Waals surface area contributed by atoms with Crippen molar-refractivity contribution in [2.45, 2.75) is 11.8 Å². The number of sulfonamides is 1. The van der Waals surface area contributed by atoms with E-state index in [4.69, 9.17) is 0 Å². The molecule has 0 unspecified atom stereocenters. The molecule has 0 atom stereocenters. The van der Waals surface area contributed by atoms with Gasteiger partial charge in [0.25, 0.3) is 0 Å². The Morgan fingerprint density at radius 3 is 2.87 bits per heavy atom. The van der Waals surface area contributed by atoms with Crippen molar-refractivity contribution in [1.82, 2.24) is 9.71 Å². The van der Waals surface area contributed by atoms with Crippen LogP contribution in [-0.4, -0.2) is 19.9 Å². The van der Waals surface area contributed by atoms with E-state index < -0.39 is 10.0 Å². The monoisotopic (exact) mass is 338 g/mol. The molecular weight excluding hydrogens is 327 g/mol. The molecule has 1 N–H and O–H groups in total. The van der Waals surface area contributed by atoms with Crippen LogP contribution >= 0.6 is 22.6 Å². The SMILES string of the molecule is C=C(C)CNS(=O)(=O)c1cnccc1I. The van der Waals surface area contributed by atoms with E-state index in [1.165, 1.54) is 6.20 Å². The molecule has 0 aliphatic carbocycles. The van der Waals surface area contributed by atoms with Gasteiger partial charge >= 0.3 is 0 Å². The van der Waals surface area contributed by atoms with Gasteiger partial charge in [0.05, 0.1) is 0 Å². The third-order valence-corrected chi connectivity index (χ3v) is 4.32. The van der Waals surface area contributed by atoms with Crippen molar-refractivity contribution in [1.29, 1.82) is 0 Å². The maximum absolute atomic E-state index is 11.8. The molecule has 82 valence electrons. The van der Waals surface area contributed by atoms with E-state index in [-0.39, 0.29) is 11.4 Å². The highest BCUT2D eigenvalue weighted by molar-refractivity contribution is 14.1. The number of aromatic nitrogens is 1. The Bertz CT molecular complexity index is 471. The van der Waals surface area contributed by atoms with Gasteiger partial charge in [0.15, 0.2) is 0 Å². The minimum Gasteiger partial charge on any atom is -0.263 e. The standard InChI is InChI=1S/C9H11IN2O2S/c1-7(2)5-12-15(13,14)9-6-11-4-3-8(9)10/h3-4,6,12H,1,5H2,2H3. The average Bonchev–Trinajstić information content (AvgIpc) is 2.15. The predicted octanol–water partition coefficient (Wildman–Crippen LogP) is 1.54. The summed E-state index contributed by atoms with van der Waals surface area (Å²) in [5.41, 5.74) is 0.762. The third kappa shape index (κ3) is 3.54. The molecule has 0 saturated heterocycles. The number of hydrogen-bond donors (Lipinski definition) is 1. The Balaban J connectivity index is 2.97. The number of nitrogens with zero attached hydrogens (tertiary/aromatic N) is 1. The number of hydrogen-bond acceptors (Lipinski definition) is 3. The van der Waals surface area contributed by atoms with Crippen LogP contribution in [-0.2, 0) is 10.0 Å². The molecule has 0 aromatic carbocycles. The minimum absolute atomic E-state index is 0.201. The molecule has 0 fully saturated rings. The fourth-order valence-corrected chi connectivity index (χ4v) is 3.14. The van der Waals surface area contributed by atoms with Crippen molar-refractivity contribution in [2.24, 2.45) is 0 Å². The first-order chi connectivity index (χ1) is 6.93. The Morgan fingerprint density at radius 1 is 1.67 bits per heavy atom. The number of halogens is 1. The molecule has 0 radical (unpaired) electrons. The molecule has 0 aliphatic heterocycles. The molecule has 6 heteroatoms. The van der Waals surface area contributed by atoms with Gasteiger partial charge in [-0.3, -0.25) is 4.98 Å². The fourth-order valence-electron chi connectivity index (χ4n) is 0.857. The van der Waals surface area contributed by atoms with Gasteiger partial charge in [-0.05, 0) is 35.6 Å². The summed E-state index contributed by atoms with van der Waals surface area (Å²) < 4.78 is 26.6. The summed E-state index contributed by atoms with van der Waals surface area (Å²) in [4.78, 5) is 3.99. The van der Waals surface area contributed by atoms with Crippen molar-refractivity contribution in [2.75, 3.05) is 6.54 Å². The Morgan fingerprint density at radius 2 is 2.33 bits per heavy atom. The van der Waals surface area contributed by atoms with Gasteiger partial charge < -0.3 is 0 Å². The van der Waals surface area contributed by atoms with Crippen LogP contribution in [0.5, 0.6) is 0 Å². The molecule has 1 aromatic rings. The van der Waals surface area contributed by atoms with Gasteiger partial charge in [0, 0.05) is 22.5 Å². The van der Waals surface area contributed by atoms with Crippen LogP contribution in [0.1, 0.15) is 6.92 Å². The van der Waals surface area contributed by atoms with Crippen LogP contribution in [0.25, 0.3) is 0 Å². The van der Waals surface area contributed by atoms with Crippen LogP contribution in [0, 0.1) is 3.57 Å². The number of pyridine rings is 1. The van der Waals surface area contributed by atoms with Crippen LogP contribution in [0.4, 0.5) is 0 Å². The molecule has 0 aliphatic rings. The summed E-state index contributed by atoms with van der Waals surface area (Å²) in [5.74, 6) is 0. The van der Waals surface area contributed by atoms with E-state index in [0.29, 0.717) is 3.57 Å². The second-order valence-electron chi connectivity index (χ2n) is 3.09. The summed E-state index contributed by atoms with van der Waals surface area (Å²) >= 11 is 1.96. The van der Waals surface area contributed by atoms with Gasteiger partial charge in [-0.2, -0.15) is 0 Å². The first-order valence-corrected chi connectivity index (χ1v) is 6.73. The first-order valence-electron chi connectivity index (χ1n) is 4.17. The van der Waals surface area contributed by atoms with E-state index >= 15 is 0 Å². The molecule has 0 saturated carbocycles. The van der Waals surface area contributed by atoms with Crippen molar-refractivity contribution in [3.63, 3.8) is 0 Å². The topological polar surface area (TPSA) is 59.1 Å². The first kappa shape index (κ1) is 12.6. The van der Waals surface area contributed by atoms with Gasteiger partial charge in [0.1, 0.15) is 4.90 Å². The number of rotatable bonds is 4. The lowest BCUT2D eigenvalue weighted by atomic mass is 10.4. The zero-order valence-corrected chi connectivity index (χ0v) is 11.2. The summed E-state index contributed by atoms with van der Waals surface area (Å²) in [6.07, 6.45) is 2.89. The second-order valence-corrected chi connectivity index (χ2v) is 5.99. The third-order valence-electron chi connectivity index (χ3n) is 1.59. The lowest BCUT2D eigenvalue weighted by Crippen LogP contribution is -2.26. The molecule has 0 bridgehead atoms. The zero-order chi connectivity index (χ0) is 11.5. The van der Waals surface area contributed by atoms with Crippen molar-refractivity contribution < 1.29 is 8.42 Å². The highest BCUT2D eigenvalue weighted by atomic mass is 127. The smallest absolute Gasteiger partial charge is 0.243 e. The average molecular weight is 338 g/mol. The molecule has 0 spiro atoms. The van der Waals surface area contributed by atoms with E-state index in [2.05, 4.69) is 16.3 Å². The van der Waals surface area contributed by atoms with Crippen molar-refractivity contribution in [3.05, 3.63) is 34.2 Å². The van der Waals surface area contributed by atoms with E-state index in [0.717, 1.165) is 5.57 Å². The molecule has 1 aromatic heterocycles. The lowest BCUT2D eigenvalue weighted by molar-refractivity contribution is 0.583. The molecule has 0 amide bonds. The second kappa shape index (κ2) is 5.04. The van der Waals surface area contributed by atoms with Crippen LogP contribution in [0.15, 0.2) is 35.5 Å². The predicted molar refractivity (Wildman–Crippen MR) is 67.0 cm³/mol. The van der Waals surface area contributed by atoms with Crippen LogP contribution < -0.4 is 4.72 Å². The van der Waals surface area contributed by atoms with Crippen LogP contribution in [0.2, 0.25) is 0 Å². The van der Waals surface area contributed by atoms with Gasteiger partial charge in [0.2, 0.25) is 10.0 Å². The highest BCUT2D eigenvalue weighted by Crippen LogP contribution is 2.15. The highest BCUT2D eigenvalue weighted by Gasteiger charge is 2.16. The lowest BCUT2D eigenvalue weighted by Gasteiger charge is -2.07. The van der Waals surface area contributed by atoms with E-state index in [1.807, 2.05) is 22.6 Å². The van der Waals surface area contributed by atoms with Gasteiger partial charge in [-0.15, -0.1) is 0 Å². The maximum Gasteiger partial charge on any atom is 0.243 e. The Hall–Kier alpha value is -0.470. The Labute approximate surface area is 103 Å². The van der Waals surface area contributed by atoms with Gasteiger partial charge in [-0.1, -0.05) is 12.2 Å². The summed E-state index contributed by atoms with van der Waals surface area (Å²) in [5, 5.41) is 0. The largest absolute Gasteiger partial charge is 0.263 e. The molecule has 15 heavy (non-hydrogen) atoms. The molecule has 1 heterocycles. The summed E-state index contributed by atoms with van der Waals surface area (Å²) in [7, 11) is -3.47. The van der Waals surface area contributed by atoms with E-state index in [1.54, 1.807) is 19.2 Å².